The minimum Gasteiger partial charge on any atom is -0.398 e. The Morgan fingerprint density at radius 1 is 0.867 bits per heavy atom. The molecule has 1 nitrogen and oxygen atoms in total. The van der Waals surface area contributed by atoms with Gasteiger partial charge in [-0.15, -0.1) is 0 Å². The number of para-hydroxylation sites is 1. The first kappa shape index (κ1) is 9.78. The lowest BCUT2D eigenvalue weighted by Gasteiger charge is -2.09. The van der Waals surface area contributed by atoms with Crippen LogP contribution in [-0.2, 0) is 6.42 Å². The third kappa shape index (κ3) is 1.86. The molecule has 0 aliphatic rings. The normalized spacial score (nSPS) is 10.2. The number of hydrogen-bond donors (Lipinski definition) is 1. The van der Waals surface area contributed by atoms with Gasteiger partial charge in [-0.2, -0.15) is 0 Å². The van der Waals surface area contributed by atoms with Crippen molar-refractivity contribution in [3.05, 3.63) is 54.1 Å². The Bertz CT molecular complexity index is 460. The van der Waals surface area contributed by atoms with E-state index in [4.69, 9.17) is 5.73 Å². The van der Waals surface area contributed by atoms with Crippen LogP contribution in [0.1, 0.15) is 12.5 Å². The molecule has 1 heteroatoms. The molecule has 0 aromatic heterocycles. The molecule has 0 unspecified atom stereocenters. The second-order valence-electron chi connectivity index (χ2n) is 3.60. The number of aryl methyl sites for hydroxylation is 1. The van der Waals surface area contributed by atoms with E-state index in [1.807, 2.05) is 18.2 Å². The molecular weight excluding hydrogens is 182 g/mol. The van der Waals surface area contributed by atoms with Crippen LogP contribution in [0.5, 0.6) is 0 Å². The highest BCUT2D eigenvalue weighted by Gasteiger charge is 2.04. The molecule has 15 heavy (non-hydrogen) atoms. The van der Waals surface area contributed by atoms with Crippen LogP contribution in [0.2, 0.25) is 0 Å². The van der Waals surface area contributed by atoms with Crippen molar-refractivity contribution in [1.29, 1.82) is 0 Å². The summed E-state index contributed by atoms with van der Waals surface area (Å²) in [6, 6.07) is 16.4. The molecule has 2 N–H and O–H groups in total. The van der Waals surface area contributed by atoms with E-state index in [0.717, 1.165) is 17.7 Å². The summed E-state index contributed by atoms with van der Waals surface area (Å²) in [4.78, 5) is 0. The molecule has 0 radical (unpaired) electrons. The standard InChI is InChI=1S/C14H15N/c1-2-11-7-3-4-8-12(11)13-9-5-6-10-14(13)15/h3-10H,2,15H2,1H3. The van der Waals surface area contributed by atoms with Crippen LogP contribution in [0.3, 0.4) is 0 Å². The van der Waals surface area contributed by atoms with Gasteiger partial charge in [-0.3, -0.25) is 0 Å². The lowest BCUT2D eigenvalue weighted by Crippen LogP contribution is -1.92. The summed E-state index contributed by atoms with van der Waals surface area (Å²) >= 11 is 0. The Morgan fingerprint density at radius 3 is 2.13 bits per heavy atom. The van der Waals surface area contributed by atoms with Gasteiger partial charge in [0.2, 0.25) is 0 Å². The first-order valence-corrected chi connectivity index (χ1v) is 5.25. The number of rotatable bonds is 2. The van der Waals surface area contributed by atoms with Gasteiger partial charge in [0.15, 0.2) is 0 Å². The molecule has 0 spiro atoms. The number of nitrogens with two attached hydrogens (primary N) is 1. The van der Waals surface area contributed by atoms with Crippen LogP contribution in [-0.4, -0.2) is 0 Å². The highest BCUT2D eigenvalue weighted by atomic mass is 14.6. The zero-order valence-electron chi connectivity index (χ0n) is 8.90. The van der Waals surface area contributed by atoms with E-state index < -0.39 is 0 Å². The Morgan fingerprint density at radius 2 is 1.47 bits per heavy atom. The van der Waals surface area contributed by atoms with Crippen molar-refractivity contribution in [3.63, 3.8) is 0 Å². The van der Waals surface area contributed by atoms with Gasteiger partial charge < -0.3 is 5.73 Å². The monoisotopic (exact) mass is 197 g/mol. The predicted octanol–water partition coefficient (Wildman–Crippen LogP) is 3.50. The van der Waals surface area contributed by atoms with Gasteiger partial charge in [-0.25, -0.2) is 0 Å². The number of benzene rings is 2. The van der Waals surface area contributed by atoms with Crippen LogP contribution in [0.4, 0.5) is 5.69 Å². The van der Waals surface area contributed by atoms with Crippen molar-refractivity contribution in [3.8, 4) is 11.1 Å². The molecule has 76 valence electrons. The van der Waals surface area contributed by atoms with Crippen molar-refractivity contribution < 1.29 is 0 Å². The van der Waals surface area contributed by atoms with E-state index in [1.165, 1.54) is 11.1 Å². The largest absolute Gasteiger partial charge is 0.398 e. The molecule has 0 saturated carbocycles. The van der Waals surface area contributed by atoms with E-state index in [9.17, 15) is 0 Å². The van der Waals surface area contributed by atoms with E-state index in [2.05, 4.69) is 37.3 Å². The molecule has 0 amide bonds. The molecule has 0 saturated heterocycles. The van der Waals surface area contributed by atoms with E-state index in [1.54, 1.807) is 0 Å². The topological polar surface area (TPSA) is 26.0 Å². The van der Waals surface area contributed by atoms with E-state index in [0.29, 0.717) is 0 Å². The minimum atomic E-state index is 0.846. The van der Waals surface area contributed by atoms with Gasteiger partial charge >= 0.3 is 0 Å². The Labute approximate surface area is 90.6 Å². The summed E-state index contributed by atoms with van der Waals surface area (Å²) in [5.41, 5.74) is 10.5. The van der Waals surface area contributed by atoms with E-state index in [-0.39, 0.29) is 0 Å². The summed E-state index contributed by atoms with van der Waals surface area (Å²) < 4.78 is 0. The molecule has 0 fully saturated rings. The van der Waals surface area contributed by atoms with Gasteiger partial charge in [-0.1, -0.05) is 49.4 Å². The van der Waals surface area contributed by atoms with Crippen molar-refractivity contribution >= 4 is 5.69 Å². The van der Waals surface area contributed by atoms with Gasteiger partial charge in [0, 0.05) is 11.3 Å². The molecule has 2 aromatic rings. The SMILES string of the molecule is CCc1ccccc1-c1ccccc1N. The van der Waals surface area contributed by atoms with Gasteiger partial charge in [-0.05, 0) is 23.6 Å². The fourth-order valence-corrected chi connectivity index (χ4v) is 1.83. The smallest absolute Gasteiger partial charge is 0.0393 e. The van der Waals surface area contributed by atoms with Gasteiger partial charge in [0.25, 0.3) is 0 Å². The van der Waals surface area contributed by atoms with Crippen LogP contribution in [0.15, 0.2) is 48.5 Å². The first-order chi connectivity index (χ1) is 7.33. The third-order valence-electron chi connectivity index (χ3n) is 2.65. The highest BCUT2D eigenvalue weighted by Crippen LogP contribution is 2.28. The Kier molecular flexibility index (Phi) is 2.72. The molecular formula is C14H15N. The maximum Gasteiger partial charge on any atom is 0.0393 e. The Hall–Kier alpha value is -1.76. The molecule has 0 atom stereocenters. The summed E-state index contributed by atoms with van der Waals surface area (Å²) in [6.07, 6.45) is 1.03. The fourth-order valence-electron chi connectivity index (χ4n) is 1.83. The average molecular weight is 197 g/mol. The van der Waals surface area contributed by atoms with Crippen molar-refractivity contribution in [1.82, 2.24) is 0 Å². The van der Waals surface area contributed by atoms with Crippen molar-refractivity contribution in [2.45, 2.75) is 13.3 Å². The molecule has 0 heterocycles. The molecule has 2 aromatic carbocycles. The lowest BCUT2D eigenvalue weighted by molar-refractivity contribution is 1.14. The fraction of sp³-hybridized carbons (Fsp3) is 0.143. The van der Waals surface area contributed by atoms with Crippen LogP contribution in [0, 0.1) is 0 Å². The quantitative estimate of drug-likeness (QED) is 0.733. The maximum atomic E-state index is 5.98. The summed E-state index contributed by atoms with van der Waals surface area (Å²) in [6.45, 7) is 2.16. The third-order valence-corrected chi connectivity index (χ3v) is 2.65. The first-order valence-electron chi connectivity index (χ1n) is 5.25. The molecule has 0 aliphatic carbocycles. The van der Waals surface area contributed by atoms with Crippen LogP contribution in [0.25, 0.3) is 11.1 Å². The van der Waals surface area contributed by atoms with Gasteiger partial charge in [0.05, 0.1) is 0 Å². The summed E-state index contributed by atoms with van der Waals surface area (Å²) in [7, 11) is 0. The molecule has 0 aliphatic heterocycles. The van der Waals surface area contributed by atoms with Crippen molar-refractivity contribution in [2.24, 2.45) is 0 Å². The van der Waals surface area contributed by atoms with Gasteiger partial charge in [0.1, 0.15) is 0 Å². The number of hydrogen-bond acceptors (Lipinski definition) is 1. The van der Waals surface area contributed by atoms with E-state index >= 15 is 0 Å². The highest BCUT2D eigenvalue weighted by molar-refractivity contribution is 5.78. The summed E-state index contributed by atoms with van der Waals surface area (Å²) in [5, 5.41) is 0. The molecule has 0 bridgehead atoms. The zero-order valence-corrected chi connectivity index (χ0v) is 8.90. The van der Waals surface area contributed by atoms with Crippen LogP contribution >= 0.6 is 0 Å². The van der Waals surface area contributed by atoms with Crippen LogP contribution < -0.4 is 5.73 Å². The minimum absolute atomic E-state index is 0.846. The zero-order chi connectivity index (χ0) is 10.7. The predicted molar refractivity (Wildman–Crippen MR) is 65.7 cm³/mol. The Balaban J connectivity index is 2.59. The number of anilines is 1. The second-order valence-corrected chi connectivity index (χ2v) is 3.60. The average Bonchev–Trinajstić information content (AvgIpc) is 2.30. The number of nitrogen functional groups attached to an aromatic ring is 1. The van der Waals surface area contributed by atoms with Crippen molar-refractivity contribution in [2.75, 3.05) is 5.73 Å². The molecule has 2 rings (SSSR count). The lowest BCUT2D eigenvalue weighted by atomic mass is 9.97. The second kappa shape index (κ2) is 4.18. The maximum absolute atomic E-state index is 5.98. The summed E-state index contributed by atoms with van der Waals surface area (Å²) in [5.74, 6) is 0.